The lowest BCUT2D eigenvalue weighted by Crippen LogP contribution is -2.18. The van der Waals surface area contributed by atoms with E-state index in [0.29, 0.717) is 11.8 Å². The van der Waals surface area contributed by atoms with E-state index in [9.17, 15) is 0 Å². The topological polar surface area (TPSA) is 12.0 Å². The molecule has 0 saturated heterocycles. The second-order valence-electron chi connectivity index (χ2n) is 6.06. The minimum atomic E-state index is 0.522. The molecule has 2 aromatic rings. The Morgan fingerprint density at radius 2 is 1.57 bits per heavy atom. The van der Waals surface area contributed by atoms with E-state index in [0.717, 1.165) is 11.0 Å². The average Bonchev–Trinajstić information content (AvgIpc) is 2.42. The van der Waals surface area contributed by atoms with Crippen molar-refractivity contribution in [2.24, 2.45) is 5.92 Å². The zero-order valence-electron chi connectivity index (χ0n) is 13.3. The van der Waals surface area contributed by atoms with Gasteiger partial charge in [0.2, 0.25) is 0 Å². The molecular formula is C19H24BrN. The maximum absolute atomic E-state index is 3.67. The van der Waals surface area contributed by atoms with Crippen LogP contribution in [0.1, 0.15) is 36.5 Å². The minimum Gasteiger partial charge on any atom is -0.384 e. The molecule has 2 rings (SSSR count). The van der Waals surface area contributed by atoms with Crippen LogP contribution < -0.4 is 5.32 Å². The van der Waals surface area contributed by atoms with Crippen LogP contribution in [0.4, 0.5) is 5.69 Å². The van der Waals surface area contributed by atoms with Crippen LogP contribution in [0.3, 0.4) is 0 Å². The Morgan fingerprint density at radius 3 is 2.10 bits per heavy atom. The van der Waals surface area contributed by atoms with Gasteiger partial charge in [-0.2, -0.15) is 0 Å². The van der Waals surface area contributed by atoms with Crippen LogP contribution in [0, 0.1) is 19.8 Å². The fourth-order valence-corrected chi connectivity index (χ4v) is 3.53. The van der Waals surface area contributed by atoms with Gasteiger partial charge >= 0.3 is 0 Å². The smallest absolute Gasteiger partial charge is 0.0400 e. The highest BCUT2D eigenvalue weighted by molar-refractivity contribution is 9.10. The van der Waals surface area contributed by atoms with Gasteiger partial charge < -0.3 is 5.32 Å². The molecule has 0 radical (unpaired) electrons. The van der Waals surface area contributed by atoms with Crippen molar-refractivity contribution in [1.29, 1.82) is 0 Å². The first-order valence-electron chi connectivity index (χ1n) is 7.54. The minimum absolute atomic E-state index is 0.522. The Labute approximate surface area is 136 Å². The summed E-state index contributed by atoms with van der Waals surface area (Å²) in [7, 11) is 0. The van der Waals surface area contributed by atoms with Crippen molar-refractivity contribution in [3.63, 3.8) is 0 Å². The lowest BCUT2D eigenvalue weighted by atomic mass is 9.88. The van der Waals surface area contributed by atoms with Crippen molar-refractivity contribution in [1.82, 2.24) is 0 Å². The molecule has 0 aliphatic heterocycles. The Kier molecular flexibility index (Phi) is 5.46. The predicted molar refractivity (Wildman–Crippen MR) is 96.1 cm³/mol. The summed E-state index contributed by atoms with van der Waals surface area (Å²) in [5, 5.41) is 3.67. The van der Waals surface area contributed by atoms with Crippen LogP contribution in [0.5, 0.6) is 0 Å². The maximum atomic E-state index is 3.67. The highest BCUT2D eigenvalue weighted by Gasteiger charge is 2.16. The van der Waals surface area contributed by atoms with E-state index in [1.54, 1.807) is 0 Å². The summed E-state index contributed by atoms with van der Waals surface area (Å²) in [6.45, 7) is 9.87. The Balaban J connectivity index is 2.17. The normalized spacial score (nSPS) is 12.5. The third kappa shape index (κ3) is 4.10. The van der Waals surface area contributed by atoms with E-state index in [1.807, 2.05) is 0 Å². The highest BCUT2D eigenvalue weighted by Crippen LogP contribution is 2.28. The lowest BCUT2D eigenvalue weighted by Gasteiger charge is -2.24. The van der Waals surface area contributed by atoms with Crippen LogP contribution in [-0.2, 0) is 0 Å². The first-order chi connectivity index (χ1) is 9.99. The number of benzene rings is 2. The molecule has 0 amide bonds. The molecule has 0 aromatic heterocycles. The number of nitrogens with one attached hydrogen (secondary N) is 1. The summed E-state index contributed by atoms with van der Waals surface area (Å²) in [4.78, 5) is 0. The van der Waals surface area contributed by atoms with E-state index in [2.05, 4.69) is 91.4 Å². The van der Waals surface area contributed by atoms with Crippen LogP contribution in [0.15, 0.2) is 46.9 Å². The Morgan fingerprint density at radius 1 is 1.00 bits per heavy atom. The summed E-state index contributed by atoms with van der Waals surface area (Å²) in [5.41, 5.74) is 5.25. The van der Waals surface area contributed by atoms with Crippen LogP contribution in [0.2, 0.25) is 0 Å². The van der Waals surface area contributed by atoms with Gasteiger partial charge in [0, 0.05) is 22.6 Å². The number of hydrogen-bond acceptors (Lipinski definition) is 1. The summed E-state index contributed by atoms with van der Waals surface area (Å²) in [5.74, 6) is 1.13. The summed E-state index contributed by atoms with van der Waals surface area (Å²) in [6.07, 6.45) is 0. The first kappa shape index (κ1) is 16.1. The molecule has 0 spiro atoms. The Bertz CT molecular complexity index is 567. The van der Waals surface area contributed by atoms with Crippen molar-refractivity contribution in [2.45, 2.75) is 33.6 Å². The van der Waals surface area contributed by atoms with Gasteiger partial charge in [-0.25, -0.2) is 0 Å². The van der Waals surface area contributed by atoms with Crippen molar-refractivity contribution < 1.29 is 0 Å². The zero-order chi connectivity index (χ0) is 15.4. The standard InChI is InChI=1S/C19H24BrN/c1-13(2)18(16-8-6-5-7-9-16)12-21-19-14(3)10-17(20)11-15(19)4/h5-11,13,18,21H,12H2,1-4H3. The molecule has 1 unspecified atom stereocenters. The van der Waals surface area contributed by atoms with E-state index >= 15 is 0 Å². The Hall–Kier alpha value is -1.28. The van der Waals surface area contributed by atoms with Gasteiger partial charge in [0.15, 0.2) is 0 Å². The van der Waals surface area contributed by atoms with E-state index in [-0.39, 0.29) is 0 Å². The van der Waals surface area contributed by atoms with Gasteiger partial charge in [-0.15, -0.1) is 0 Å². The van der Waals surface area contributed by atoms with Gasteiger partial charge in [0.1, 0.15) is 0 Å². The van der Waals surface area contributed by atoms with Gasteiger partial charge in [0.25, 0.3) is 0 Å². The number of rotatable bonds is 5. The fraction of sp³-hybridized carbons (Fsp3) is 0.368. The number of halogens is 1. The van der Waals surface area contributed by atoms with Crippen molar-refractivity contribution in [3.8, 4) is 0 Å². The second kappa shape index (κ2) is 7.13. The summed E-state index contributed by atoms with van der Waals surface area (Å²) < 4.78 is 1.14. The van der Waals surface area contributed by atoms with Gasteiger partial charge in [0.05, 0.1) is 0 Å². The molecule has 0 fully saturated rings. The third-order valence-corrected chi connectivity index (χ3v) is 4.49. The van der Waals surface area contributed by atoms with E-state index in [1.165, 1.54) is 22.4 Å². The molecule has 1 nitrogen and oxygen atoms in total. The molecule has 1 N–H and O–H groups in total. The average molecular weight is 346 g/mol. The molecule has 0 heterocycles. The second-order valence-corrected chi connectivity index (χ2v) is 6.97. The monoisotopic (exact) mass is 345 g/mol. The maximum Gasteiger partial charge on any atom is 0.0400 e. The van der Waals surface area contributed by atoms with Crippen molar-refractivity contribution in [2.75, 3.05) is 11.9 Å². The van der Waals surface area contributed by atoms with Crippen molar-refractivity contribution >= 4 is 21.6 Å². The number of aryl methyl sites for hydroxylation is 2. The quantitative estimate of drug-likeness (QED) is 0.709. The van der Waals surface area contributed by atoms with Gasteiger partial charge in [-0.1, -0.05) is 60.1 Å². The predicted octanol–water partition coefficient (Wildman–Crippen LogP) is 5.92. The van der Waals surface area contributed by atoms with Gasteiger partial charge in [-0.05, 0) is 48.6 Å². The molecule has 0 bridgehead atoms. The molecule has 2 aromatic carbocycles. The molecular weight excluding hydrogens is 322 g/mol. The SMILES string of the molecule is Cc1cc(Br)cc(C)c1NCC(c1ccccc1)C(C)C. The zero-order valence-corrected chi connectivity index (χ0v) is 14.9. The lowest BCUT2D eigenvalue weighted by molar-refractivity contribution is 0.517. The molecule has 0 saturated carbocycles. The number of anilines is 1. The molecule has 1 atom stereocenters. The van der Waals surface area contributed by atoms with Gasteiger partial charge in [-0.3, -0.25) is 0 Å². The highest BCUT2D eigenvalue weighted by atomic mass is 79.9. The third-order valence-electron chi connectivity index (χ3n) is 4.03. The van der Waals surface area contributed by atoms with Crippen LogP contribution >= 0.6 is 15.9 Å². The molecule has 2 heteroatoms. The molecule has 0 aliphatic carbocycles. The molecule has 21 heavy (non-hydrogen) atoms. The largest absolute Gasteiger partial charge is 0.384 e. The molecule has 112 valence electrons. The van der Waals surface area contributed by atoms with Crippen LogP contribution in [-0.4, -0.2) is 6.54 Å². The summed E-state index contributed by atoms with van der Waals surface area (Å²) in [6, 6.07) is 15.1. The molecule has 0 aliphatic rings. The van der Waals surface area contributed by atoms with E-state index in [4.69, 9.17) is 0 Å². The first-order valence-corrected chi connectivity index (χ1v) is 8.34. The van der Waals surface area contributed by atoms with E-state index < -0.39 is 0 Å². The summed E-state index contributed by atoms with van der Waals surface area (Å²) >= 11 is 3.56. The number of hydrogen-bond donors (Lipinski definition) is 1. The van der Waals surface area contributed by atoms with Crippen molar-refractivity contribution in [3.05, 3.63) is 63.6 Å². The van der Waals surface area contributed by atoms with Crippen LogP contribution in [0.25, 0.3) is 0 Å². The fourth-order valence-electron chi connectivity index (χ4n) is 2.84.